The first-order valence-corrected chi connectivity index (χ1v) is 10.4. The van der Waals surface area contributed by atoms with E-state index in [0.29, 0.717) is 0 Å². The van der Waals surface area contributed by atoms with Crippen molar-refractivity contribution >= 4 is 154 Å². The predicted octanol–water partition coefficient (Wildman–Crippen LogP) is -7.55. The molecule has 0 spiro atoms. The Morgan fingerprint density at radius 3 is 0.364 bits per heavy atom. The van der Waals surface area contributed by atoms with Gasteiger partial charge in [0.2, 0.25) is 0 Å². The van der Waals surface area contributed by atoms with Crippen LogP contribution in [0.25, 0.3) is 0 Å². The number of hydrogen-bond acceptors (Lipinski definition) is 7. The molecule has 14 nitrogen and oxygen atoms in total. The van der Waals surface area contributed by atoms with Gasteiger partial charge in [-0.15, -0.1) is 0 Å². The zero-order chi connectivity index (χ0) is 18.9. The van der Waals surface area contributed by atoms with Gasteiger partial charge in [-0.05, 0) is 0 Å². The van der Waals surface area contributed by atoms with Gasteiger partial charge in [-0.25, -0.2) is 0 Å². The zero-order valence-electron chi connectivity index (χ0n) is 12.7. The van der Waals surface area contributed by atoms with Crippen LogP contribution in [0.15, 0.2) is 0 Å². The smallest absolute Gasteiger partial charge is 2.00 e. The summed E-state index contributed by atoms with van der Waals surface area (Å²) in [6.07, 6.45) is 0. The second-order valence-corrected chi connectivity index (χ2v) is 2.21. The van der Waals surface area contributed by atoms with Gasteiger partial charge in [0, 0.05) is 0 Å². The Kier molecular flexibility index (Phi) is 300. The maximum atomic E-state index is 8.57. The van der Waals surface area contributed by atoms with E-state index in [0.717, 1.165) is 0 Å². The first kappa shape index (κ1) is 49.7. The summed E-state index contributed by atoms with van der Waals surface area (Å²) in [6, 6.07) is 0. The third kappa shape index (κ3) is 1770. The Hall–Kier alpha value is 2.41. The van der Waals surface area contributed by atoms with Crippen LogP contribution in [0.2, 0.25) is 0 Å². The van der Waals surface area contributed by atoms with Crippen molar-refractivity contribution in [3.05, 3.63) is 0 Å². The summed E-state index contributed by atoms with van der Waals surface area (Å²) in [4.78, 5) is 0. The van der Waals surface area contributed by atoms with Gasteiger partial charge >= 0.3 is 210 Å². The first-order valence-electron chi connectivity index (χ1n) is 3.46. The molecule has 0 amide bonds. The summed E-state index contributed by atoms with van der Waals surface area (Å²) in [5.41, 5.74) is 0. The van der Waals surface area contributed by atoms with Crippen LogP contribution < -0.4 is 0 Å². The predicted molar refractivity (Wildman–Crippen MR) is 68.6 cm³/mol. The van der Waals surface area contributed by atoms with Gasteiger partial charge in [0.05, 0.1) is 0 Å². The summed E-state index contributed by atoms with van der Waals surface area (Å²) in [6.45, 7) is 0. The molecule has 0 aromatic rings. The van der Waals surface area contributed by atoms with Gasteiger partial charge in [0.1, 0.15) is 0 Å². The van der Waals surface area contributed by atoms with Crippen molar-refractivity contribution in [3.63, 3.8) is 0 Å². The van der Waals surface area contributed by atoms with Crippen LogP contribution in [-0.4, -0.2) is 183 Å². The minimum absolute atomic E-state index is 0. The molecule has 22 heteroatoms. The van der Waals surface area contributed by atoms with E-state index in [1.165, 1.54) is 0 Å². The van der Waals surface area contributed by atoms with Crippen LogP contribution >= 0.6 is 0 Å². The van der Waals surface area contributed by atoms with E-state index in [2.05, 4.69) is 0 Å². The van der Waals surface area contributed by atoms with Crippen LogP contribution in [0, 0.1) is 0 Å². The molecule has 0 aromatic heterocycles. The van der Waals surface area contributed by atoms with Crippen molar-refractivity contribution in [1.82, 2.24) is 0 Å². The van der Waals surface area contributed by atoms with Gasteiger partial charge in [0.15, 0.2) is 0 Å². The minimum atomic E-state index is -1.50. The third-order valence-electron chi connectivity index (χ3n) is 0. The van der Waals surface area contributed by atoms with Crippen molar-refractivity contribution in [1.29, 1.82) is 0 Å². The Labute approximate surface area is 209 Å². The SMILES string of the molecule is [H-].[H-].[O]=[Al][OH].[O]=[Al][OH].[O]=[Al][OH].[O]=[Al][OH].[O]=[Al][OH].[O]=[Al][OH].[O]=[Al][OH].[Sr+2]. The second kappa shape index (κ2) is 133. The molecule has 22 heavy (non-hydrogen) atoms. The van der Waals surface area contributed by atoms with Gasteiger partial charge in [-0.2, -0.15) is 0 Å². The molecule has 0 fully saturated rings. The van der Waals surface area contributed by atoms with Crippen molar-refractivity contribution in [2.24, 2.45) is 0 Å². The van der Waals surface area contributed by atoms with E-state index in [1.54, 1.807) is 0 Å². The molecule has 0 aliphatic carbocycles. The third-order valence-corrected chi connectivity index (χ3v) is 0. The Bertz CT molecular complexity index is 147. The molecule has 0 saturated heterocycles. The van der Waals surface area contributed by atoms with E-state index in [-0.39, 0.29) is 48.3 Å². The molecule has 0 unspecified atom stereocenters. The standard InChI is InChI=1S/7Al.7H2O.7O.Sr.2H/h;;;;;;;7*1H2;;;;;;;;;;/q7*+1;;;;;;;;;;;;;;;+2;2*-1/p-7. The van der Waals surface area contributed by atoms with Crippen LogP contribution in [0.5, 0.6) is 0 Å². The number of hydrogen-bond donors (Lipinski definition) is 7. The van der Waals surface area contributed by atoms with E-state index in [4.69, 9.17) is 55.7 Å². The van der Waals surface area contributed by atoms with E-state index < -0.39 is 108 Å². The Morgan fingerprint density at radius 1 is 0.364 bits per heavy atom. The fourth-order valence-electron chi connectivity index (χ4n) is 0. The molecule has 7 N–H and O–H groups in total. The molecule has 0 bridgehead atoms. The van der Waals surface area contributed by atoms with Crippen LogP contribution in [0.3, 0.4) is 0 Å². The molecule has 0 saturated carbocycles. The van der Waals surface area contributed by atoms with Crippen LogP contribution in [-0.2, 0) is 26.6 Å². The summed E-state index contributed by atoms with van der Waals surface area (Å²) < 4.78 is 110. The maximum Gasteiger partial charge on any atom is 2.00 e. The molecule has 0 heterocycles. The van der Waals surface area contributed by atoms with Crippen LogP contribution in [0.1, 0.15) is 2.85 Å². The largest absolute Gasteiger partial charge is 2.00 e. The molecule has 0 aliphatic heterocycles. The summed E-state index contributed by atoms with van der Waals surface area (Å²) >= 11 is -10.5. The van der Waals surface area contributed by atoms with Crippen LogP contribution in [0.4, 0.5) is 0 Å². The van der Waals surface area contributed by atoms with Crippen molar-refractivity contribution in [2.45, 2.75) is 0 Å². The average Bonchev–Trinajstić information content (AvgIpc) is 2.35. The zero-order valence-corrected chi connectivity index (χ0v) is 22.3. The second-order valence-electron chi connectivity index (χ2n) is 0.738. The van der Waals surface area contributed by atoms with Crippen molar-refractivity contribution in [2.75, 3.05) is 0 Å². The molecule has 0 aliphatic rings. The Balaban J connectivity index is -0.0000000117. The fourth-order valence-corrected chi connectivity index (χ4v) is 0. The van der Waals surface area contributed by atoms with E-state index >= 15 is 0 Å². The number of rotatable bonds is 0. The van der Waals surface area contributed by atoms with Gasteiger partial charge in [-0.3, -0.25) is 0 Å². The minimum Gasteiger partial charge on any atom is 2.00 e. The molecular weight excluding hydrogens is 500 g/mol. The van der Waals surface area contributed by atoms with Gasteiger partial charge < -0.3 is 2.85 Å². The summed E-state index contributed by atoms with van der Waals surface area (Å²) in [5, 5.41) is 0. The molecule has 0 aromatic carbocycles. The first-order chi connectivity index (χ1) is 9.90. The monoisotopic (exact) mass is 510 g/mol. The normalized spacial score (nSPS) is 2.55. The van der Waals surface area contributed by atoms with Gasteiger partial charge in [0.25, 0.3) is 0 Å². The topological polar surface area (TPSA) is 261 Å². The fraction of sp³-hybridized carbons (Fsp3) is 0. The molecule has 116 valence electrons. The van der Waals surface area contributed by atoms with Crippen molar-refractivity contribution in [3.8, 4) is 0 Å². The van der Waals surface area contributed by atoms with E-state index in [9.17, 15) is 0 Å². The van der Waals surface area contributed by atoms with E-state index in [1.807, 2.05) is 0 Å². The average molecular weight is 510 g/mol. The summed E-state index contributed by atoms with van der Waals surface area (Å²) in [5.74, 6) is 0. The maximum absolute atomic E-state index is 8.57. The Morgan fingerprint density at radius 2 is 0.364 bits per heavy atom. The molecule has 0 rings (SSSR count). The quantitative estimate of drug-likeness (QED) is 0.150. The summed E-state index contributed by atoms with van der Waals surface area (Å²) in [7, 11) is 0. The van der Waals surface area contributed by atoms with Crippen molar-refractivity contribution < 1.29 is 58.6 Å². The molecule has 0 radical (unpaired) electrons. The van der Waals surface area contributed by atoms with Gasteiger partial charge in [-0.1, -0.05) is 0 Å². The molecular formula is H9Al7O14Sr. The molecule has 0 atom stereocenters.